The van der Waals surface area contributed by atoms with Crippen molar-refractivity contribution in [3.05, 3.63) is 75.7 Å². The quantitative estimate of drug-likeness (QED) is 0.591. The summed E-state index contributed by atoms with van der Waals surface area (Å²) in [7, 11) is -3.94. The summed E-state index contributed by atoms with van der Waals surface area (Å²) < 4.78 is 41.0. The molecule has 0 amide bonds. The van der Waals surface area contributed by atoms with E-state index in [9.17, 15) is 12.8 Å². The zero-order valence-electron chi connectivity index (χ0n) is 14.4. The van der Waals surface area contributed by atoms with Crippen LogP contribution >= 0.6 is 23.2 Å². The molecule has 140 valence electrons. The number of halogens is 3. The standard InChI is InChI=1S/C19H15Cl2FN2O2S/c1-11-8-15(22)4-5-16(11)13-3-6-18(23-10-13)24-27(25,26)19-12(2)7-14(20)9-17(19)21/h3-10H,1-2H3,(H,23,24). The highest BCUT2D eigenvalue weighted by molar-refractivity contribution is 7.92. The third-order valence-electron chi connectivity index (χ3n) is 3.96. The minimum Gasteiger partial charge on any atom is -0.263 e. The second kappa shape index (κ2) is 7.46. The number of hydrogen-bond donors (Lipinski definition) is 1. The van der Waals surface area contributed by atoms with Gasteiger partial charge >= 0.3 is 0 Å². The number of nitrogens with one attached hydrogen (secondary N) is 1. The molecule has 0 saturated heterocycles. The molecule has 0 aliphatic heterocycles. The minimum absolute atomic E-state index is 0.0334. The average Bonchev–Trinajstić information content (AvgIpc) is 2.54. The van der Waals surface area contributed by atoms with Crippen molar-refractivity contribution < 1.29 is 12.8 Å². The molecule has 0 bridgehead atoms. The number of benzene rings is 2. The van der Waals surface area contributed by atoms with Gasteiger partial charge in [0.25, 0.3) is 10.0 Å². The first-order valence-electron chi connectivity index (χ1n) is 7.88. The van der Waals surface area contributed by atoms with Crippen LogP contribution in [0.1, 0.15) is 11.1 Å². The van der Waals surface area contributed by atoms with Crippen molar-refractivity contribution >= 4 is 39.0 Å². The van der Waals surface area contributed by atoms with Gasteiger partial charge in [0, 0.05) is 16.8 Å². The number of rotatable bonds is 4. The fourth-order valence-corrected chi connectivity index (χ4v) is 4.98. The van der Waals surface area contributed by atoms with Gasteiger partial charge in [0.2, 0.25) is 0 Å². The molecule has 0 unspecified atom stereocenters. The third kappa shape index (κ3) is 4.24. The number of hydrogen-bond acceptors (Lipinski definition) is 3. The minimum atomic E-state index is -3.94. The van der Waals surface area contributed by atoms with Gasteiger partial charge in [-0.3, -0.25) is 4.72 Å². The van der Waals surface area contributed by atoms with Crippen LogP contribution in [0, 0.1) is 19.7 Å². The molecule has 0 saturated carbocycles. The average molecular weight is 425 g/mol. The van der Waals surface area contributed by atoms with Crippen molar-refractivity contribution in [3.8, 4) is 11.1 Å². The smallest absolute Gasteiger partial charge is 0.263 e. The molecule has 27 heavy (non-hydrogen) atoms. The van der Waals surface area contributed by atoms with Crippen molar-refractivity contribution in [1.82, 2.24) is 4.98 Å². The molecular formula is C19H15Cl2FN2O2S. The molecule has 1 N–H and O–H groups in total. The molecule has 0 radical (unpaired) electrons. The number of aromatic nitrogens is 1. The molecule has 0 aliphatic rings. The van der Waals surface area contributed by atoms with E-state index >= 15 is 0 Å². The van der Waals surface area contributed by atoms with Crippen molar-refractivity contribution in [2.24, 2.45) is 0 Å². The Kier molecular flexibility index (Phi) is 5.42. The first-order chi connectivity index (χ1) is 12.7. The van der Waals surface area contributed by atoms with Crippen LogP contribution in [0.5, 0.6) is 0 Å². The van der Waals surface area contributed by atoms with Crippen LogP contribution in [0.2, 0.25) is 10.0 Å². The van der Waals surface area contributed by atoms with Crippen molar-refractivity contribution in [2.75, 3.05) is 4.72 Å². The van der Waals surface area contributed by atoms with Crippen LogP contribution in [-0.4, -0.2) is 13.4 Å². The Morgan fingerprint density at radius 1 is 1.00 bits per heavy atom. The van der Waals surface area contributed by atoms with Crippen LogP contribution in [-0.2, 0) is 10.0 Å². The van der Waals surface area contributed by atoms with E-state index in [1.165, 1.54) is 36.5 Å². The van der Waals surface area contributed by atoms with Gasteiger partial charge < -0.3 is 0 Å². The van der Waals surface area contributed by atoms with Crippen molar-refractivity contribution in [3.63, 3.8) is 0 Å². The highest BCUT2D eigenvalue weighted by atomic mass is 35.5. The summed E-state index contributed by atoms with van der Waals surface area (Å²) in [5.41, 5.74) is 2.75. The molecule has 0 fully saturated rings. The maximum atomic E-state index is 13.3. The lowest BCUT2D eigenvalue weighted by molar-refractivity contribution is 0.600. The summed E-state index contributed by atoms with van der Waals surface area (Å²) in [4.78, 5) is 4.11. The fourth-order valence-electron chi connectivity index (χ4n) is 2.78. The van der Waals surface area contributed by atoms with Gasteiger partial charge in [-0.1, -0.05) is 29.3 Å². The monoisotopic (exact) mass is 424 g/mol. The number of sulfonamides is 1. The Bertz CT molecular complexity index is 1090. The van der Waals surface area contributed by atoms with Gasteiger partial charge in [0.15, 0.2) is 0 Å². The Balaban J connectivity index is 1.90. The normalized spacial score (nSPS) is 11.4. The fraction of sp³-hybridized carbons (Fsp3) is 0.105. The summed E-state index contributed by atoms with van der Waals surface area (Å²) in [6.07, 6.45) is 1.52. The first-order valence-corrected chi connectivity index (χ1v) is 10.1. The summed E-state index contributed by atoms with van der Waals surface area (Å²) in [5.74, 6) is -0.173. The van der Waals surface area contributed by atoms with Gasteiger partial charge in [0.05, 0.1) is 5.02 Å². The van der Waals surface area contributed by atoms with Gasteiger partial charge in [-0.25, -0.2) is 17.8 Å². The zero-order chi connectivity index (χ0) is 19.8. The van der Waals surface area contributed by atoms with E-state index in [2.05, 4.69) is 9.71 Å². The molecule has 0 spiro atoms. The SMILES string of the molecule is Cc1cc(F)ccc1-c1ccc(NS(=O)(=O)c2c(C)cc(Cl)cc2Cl)nc1. The van der Waals surface area contributed by atoms with E-state index in [0.717, 1.165) is 16.7 Å². The largest absolute Gasteiger partial charge is 0.264 e. The van der Waals surface area contributed by atoms with E-state index in [1.54, 1.807) is 26.0 Å². The lowest BCUT2D eigenvalue weighted by Crippen LogP contribution is -2.15. The number of anilines is 1. The maximum absolute atomic E-state index is 13.3. The number of pyridine rings is 1. The molecule has 1 heterocycles. The second-order valence-electron chi connectivity index (χ2n) is 6.03. The lowest BCUT2D eigenvalue weighted by Gasteiger charge is -2.12. The van der Waals surface area contributed by atoms with E-state index in [0.29, 0.717) is 10.6 Å². The maximum Gasteiger partial charge on any atom is 0.264 e. The Morgan fingerprint density at radius 3 is 2.33 bits per heavy atom. The summed E-state index contributed by atoms with van der Waals surface area (Å²) >= 11 is 12.0. The summed E-state index contributed by atoms with van der Waals surface area (Å²) in [6, 6.07) is 10.6. The van der Waals surface area contributed by atoms with Crippen molar-refractivity contribution in [2.45, 2.75) is 18.7 Å². The molecule has 8 heteroatoms. The number of aryl methyl sites for hydroxylation is 2. The predicted octanol–water partition coefficient (Wildman–Crippen LogP) is 5.61. The first kappa shape index (κ1) is 19.6. The van der Waals surface area contributed by atoms with E-state index in [-0.39, 0.29) is 21.6 Å². The molecule has 1 aromatic heterocycles. The topological polar surface area (TPSA) is 59.1 Å². The molecule has 3 rings (SSSR count). The molecule has 2 aromatic carbocycles. The Labute approximate surface area is 167 Å². The highest BCUT2D eigenvalue weighted by Gasteiger charge is 2.22. The zero-order valence-corrected chi connectivity index (χ0v) is 16.8. The van der Waals surface area contributed by atoms with Gasteiger partial charge in [0.1, 0.15) is 16.5 Å². The van der Waals surface area contributed by atoms with Gasteiger partial charge in [-0.05, 0) is 66.9 Å². The predicted molar refractivity (Wildman–Crippen MR) is 106 cm³/mol. The summed E-state index contributed by atoms with van der Waals surface area (Å²) in [6.45, 7) is 3.40. The molecule has 3 aromatic rings. The van der Waals surface area contributed by atoms with Gasteiger partial charge in [-0.2, -0.15) is 0 Å². The lowest BCUT2D eigenvalue weighted by atomic mass is 10.0. The van der Waals surface area contributed by atoms with Crippen LogP contribution in [0.25, 0.3) is 11.1 Å². The second-order valence-corrected chi connectivity index (χ2v) is 8.49. The highest BCUT2D eigenvalue weighted by Crippen LogP contribution is 2.30. The number of nitrogens with zero attached hydrogens (tertiary/aromatic N) is 1. The third-order valence-corrected chi connectivity index (χ3v) is 6.15. The van der Waals surface area contributed by atoms with E-state index in [1.807, 2.05) is 0 Å². The van der Waals surface area contributed by atoms with Crippen LogP contribution in [0.15, 0.2) is 53.6 Å². The molecule has 4 nitrogen and oxygen atoms in total. The van der Waals surface area contributed by atoms with E-state index < -0.39 is 10.0 Å². The van der Waals surface area contributed by atoms with Gasteiger partial charge in [-0.15, -0.1) is 0 Å². The Hall–Kier alpha value is -2.15. The molecular weight excluding hydrogens is 410 g/mol. The van der Waals surface area contributed by atoms with Crippen LogP contribution < -0.4 is 4.72 Å². The van der Waals surface area contributed by atoms with E-state index in [4.69, 9.17) is 23.2 Å². The molecule has 0 atom stereocenters. The Morgan fingerprint density at radius 2 is 1.74 bits per heavy atom. The molecule has 0 aliphatic carbocycles. The van der Waals surface area contributed by atoms with Crippen LogP contribution in [0.3, 0.4) is 0 Å². The van der Waals surface area contributed by atoms with Crippen LogP contribution in [0.4, 0.5) is 10.2 Å². The van der Waals surface area contributed by atoms with Crippen molar-refractivity contribution in [1.29, 1.82) is 0 Å². The summed E-state index contributed by atoms with van der Waals surface area (Å²) in [5, 5.41) is 0.389.